The van der Waals surface area contributed by atoms with Crippen molar-refractivity contribution >= 4 is 28.6 Å². The maximum Gasteiger partial charge on any atom is 0.259 e. The summed E-state index contributed by atoms with van der Waals surface area (Å²) in [5.74, 6) is 0.776. The predicted octanol–water partition coefficient (Wildman–Crippen LogP) is 4.99. The Kier molecular flexibility index (Phi) is 6.03. The zero-order valence-corrected chi connectivity index (χ0v) is 20.0. The Labute approximate surface area is 206 Å². The summed E-state index contributed by atoms with van der Waals surface area (Å²) in [4.78, 5) is 34.8. The minimum Gasteiger partial charge on any atom is -0.466 e. The number of carbonyl (C=O) groups is 2. The van der Waals surface area contributed by atoms with E-state index >= 15 is 0 Å². The molecular weight excluding hydrogens is 458 g/mol. The number of furan rings is 1. The van der Waals surface area contributed by atoms with E-state index in [1.54, 1.807) is 43.5 Å². The fourth-order valence-corrected chi connectivity index (χ4v) is 4.01. The van der Waals surface area contributed by atoms with E-state index in [1.165, 1.54) is 0 Å². The molecule has 0 aliphatic heterocycles. The number of fused-ring (bicyclic) bond motifs is 1. The van der Waals surface area contributed by atoms with Crippen molar-refractivity contribution in [2.24, 2.45) is 0 Å². The van der Waals surface area contributed by atoms with Crippen LogP contribution < -0.4 is 10.6 Å². The van der Waals surface area contributed by atoms with E-state index < -0.39 is 0 Å². The maximum atomic E-state index is 13.4. The van der Waals surface area contributed by atoms with Gasteiger partial charge in [-0.15, -0.1) is 0 Å². The van der Waals surface area contributed by atoms with Crippen molar-refractivity contribution in [3.63, 3.8) is 0 Å². The number of carbonyl (C=O) groups excluding carboxylic acids is 2. The lowest BCUT2D eigenvalue weighted by molar-refractivity contribution is 0.0949. The summed E-state index contributed by atoms with van der Waals surface area (Å²) < 4.78 is 11.0. The van der Waals surface area contributed by atoms with Crippen molar-refractivity contribution in [1.29, 1.82) is 0 Å². The largest absolute Gasteiger partial charge is 0.466 e. The highest BCUT2D eigenvalue weighted by molar-refractivity contribution is 6.13. The monoisotopic (exact) mass is 481 g/mol. The van der Waals surface area contributed by atoms with Crippen LogP contribution in [0.2, 0.25) is 0 Å². The van der Waals surface area contributed by atoms with E-state index in [9.17, 15) is 9.59 Å². The van der Waals surface area contributed by atoms with Gasteiger partial charge in [0.05, 0.1) is 34.6 Å². The molecule has 0 saturated carbocycles. The van der Waals surface area contributed by atoms with Gasteiger partial charge in [0.25, 0.3) is 17.5 Å². The first kappa shape index (κ1) is 23.0. The number of nitrogens with one attached hydrogen (secondary N) is 2. The Morgan fingerprint density at radius 2 is 1.83 bits per heavy atom. The van der Waals surface area contributed by atoms with Crippen molar-refractivity contribution in [2.45, 2.75) is 27.3 Å². The molecule has 0 aliphatic carbocycles. The average molecular weight is 482 g/mol. The van der Waals surface area contributed by atoms with Gasteiger partial charge in [-0.25, -0.2) is 4.98 Å². The van der Waals surface area contributed by atoms with Crippen LogP contribution in [0.5, 0.6) is 0 Å². The van der Waals surface area contributed by atoms with E-state index in [-0.39, 0.29) is 17.5 Å². The number of benzene rings is 1. The Morgan fingerprint density at radius 3 is 2.58 bits per heavy atom. The normalized spacial score (nSPS) is 11.0. The second kappa shape index (κ2) is 9.46. The number of rotatable bonds is 6. The first-order chi connectivity index (χ1) is 17.4. The maximum absolute atomic E-state index is 13.4. The van der Waals surface area contributed by atoms with Crippen LogP contribution in [0.4, 0.5) is 5.69 Å². The third-order valence-electron chi connectivity index (χ3n) is 5.72. The molecule has 5 rings (SSSR count). The summed E-state index contributed by atoms with van der Waals surface area (Å²) in [5, 5.41) is 10.2. The number of aromatic nitrogens is 3. The zero-order valence-electron chi connectivity index (χ0n) is 20.0. The van der Waals surface area contributed by atoms with Crippen molar-refractivity contribution in [3.8, 4) is 11.3 Å². The number of anilines is 1. The van der Waals surface area contributed by atoms with Crippen molar-refractivity contribution < 1.29 is 18.5 Å². The first-order valence-electron chi connectivity index (χ1n) is 11.3. The van der Waals surface area contributed by atoms with Gasteiger partial charge in [-0.2, -0.15) is 0 Å². The van der Waals surface area contributed by atoms with Gasteiger partial charge >= 0.3 is 0 Å². The smallest absolute Gasteiger partial charge is 0.259 e. The molecule has 0 atom stereocenters. The van der Waals surface area contributed by atoms with Crippen LogP contribution in [-0.2, 0) is 6.54 Å². The third kappa shape index (κ3) is 4.58. The highest BCUT2D eigenvalue weighted by Crippen LogP contribution is 2.31. The fraction of sp³-hybridized carbons (Fsp3) is 0.148. The van der Waals surface area contributed by atoms with E-state index in [1.807, 2.05) is 38.1 Å². The number of pyridine rings is 2. The van der Waals surface area contributed by atoms with Crippen molar-refractivity contribution in [3.05, 3.63) is 94.8 Å². The van der Waals surface area contributed by atoms with Crippen LogP contribution in [0.25, 0.3) is 22.4 Å². The van der Waals surface area contributed by atoms with Crippen LogP contribution in [0.1, 0.15) is 43.6 Å². The number of amides is 2. The van der Waals surface area contributed by atoms with E-state index in [0.717, 1.165) is 17.0 Å². The van der Waals surface area contributed by atoms with Crippen LogP contribution in [-0.4, -0.2) is 26.9 Å². The molecule has 36 heavy (non-hydrogen) atoms. The highest BCUT2D eigenvalue weighted by Gasteiger charge is 2.21. The van der Waals surface area contributed by atoms with E-state index in [0.29, 0.717) is 45.9 Å². The van der Waals surface area contributed by atoms with Gasteiger partial charge in [-0.05, 0) is 63.2 Å². The van der Waals surface area contributed by atoms with E-state index in [2.05, 4.69) is 25.8 Å². The summed E-state index contributed by atoms with van der Waals surface area (Å²) >= 11 is 0. The molecule has 180 valence electrons. The highest BCUT2D eigenvalue weighted by atomic mass is 16.5. The quantitative estimate of drug-likeness (QED) is 0.350. The molecule has 9 nitrogen and oxygen atoms in total. The molecule has 0 spiro atoms. The van der Waals surface area contributed by atoms with Crippen LogP contribution in [0.3, 0.4) is 0 Å². The molecule has 0 bridgehead atoms. The third-order valence-corrected chi connectivity index (χ3v) is 5.72. The van der Waals surface area contributed by atoms with Crippen molar-refractivity contribution in [2.75, 3.05) is 5.32 Å². The van der Waals surface area contributed by atoms with Gasteiger partial charge in [0, 0.05) is 23.0 Å². The molecule has 0 unspecified atom stereocenters. The molecule has 4 heterocycles. The summed E-state index contributed by atoms with van der Waals surface area (Å²) in [6.07, 6.45) is 1.67. The van der Waals surface area contributed by atoms with Crippen molar-refractivity contribution in [1.82, 2.24) is 20.4 Å². The molecule has 0 saturated heterocycles. The standard InChI is InChI=1S/C27H23N5O4/c1-15-11-21(17(3)35-15)23-13-22(24-16(2)32-36-27(24)31-23)26(34)30-19-9-6-7-18(12-19)25(33)29-14-20-8-4-5-10-28-20/h4-13H,14H2,1-3H3,(H,29,33)(H,30,34). The number of aryl methyl sites for hydroxylation is 3. The Balaban J connectivity index is 1.41. The lowest BCUT2D eigenvalue weighted by Gasteiger charge is -2.10. The molecule has 1 aromatic carbocycles. The number of hydrogen-bond donors (Lipinski definition) is 2. The molecule has 0 fully saturated rings. The minimum absolute atomic E-state index is 0.260. The Hall–Kier alpha value is -4.79. The molecular formula is C27H23N5O4. The SMILES string of the molecule is Cc1cc(-c2cc(C(=O)Nc3cccc(C(=O)NCc4ccccn4)c3)c3c(C)noc3n2)c(C)o1. The topological polar surface area (TPSA) is 123 Å². The van der Waals surface area contributed by atoms with Crippen LogP contribution in [0.15, 0.2) is 69.7 Å². The molecule has 9 heteroatoms. The van der Waals surface area contributed by atoms with Crippen LogP contribution >= 0.6 is 0 Å². The summed E-state index contributed by atoms with van der Waals surface area (Å²) in [7, 11) is 0. The summed E-state index contributed by atoms with van der Waals surface area (Å²) in [6, 6.07) is 15.8. The van der Waals surface area contributed by atoms with Gasteiger partial charge in [-0.3, -0.25) is 14.6 Å². The first-order valence-corrected chi connectivity index (χ1v) is 11.3. The number of hydrogen-bond acceptors (Lipinski definition) is 7. The second-order valence-electron chi connectivity index (χ2n) is 8.37. The Morgan fingerprint density at radius 1 is 0.972 bits per heavy atom. The second-order valence-corrected chi connectivity index (χ2v) is 8.37. The lowest BCUT2D eigenvalue weighted by atomic mass is 10.0. The van der Waals surface area contributed by atoms with Gasteiger partial charge in [0.2, 0.25) is 0 Å². The van der Waals surface area contributed by atoms with Crippen LogP contribution in [0, 0.1) is 20.8 Å². The molecule has 2 amide bonds. The molecule has 0 radical (unpaired) electrons. The summed E-state index contributed by atoms with van der Waals surface area (Å²) in [6.45, 7) is 5.74. The van der Waals surface area contributed by atoms with Gasteiger partial charge < -0.3 is 19.6 Å². The Bertz CT molecular complexity index is 1590. The lowest BCUT2D eigenvalue weighted by Crippen LogP contribution is -2.23. The van der Waals surface area contributed by atoms with E-state index in [4.69, 9.17) is 8.94 Å². The molecule has 4 aromatic heterocycles. The molecule has 5 aromatic rings. The van der Waals surface area contributed by atoms with Gasteiger partial charge in [0.1, 0.15) is 11.5 Å². The number of nitrogens with zero attached hydrogens (tertiary/aromatic N) is 3. The predicted molar refractivity (Wildman–Crippen MR) is 134 cm³/mol. The van der Waals surface area contributed by atoms with Gasteiger partial charge in [-0.1, -0.05) is 17.3 Å². The minimum atomic E-state index is -0.376. The molecule has 2 N–H and O–H groups in total. The summed E-state index contributed by atoms with van der Waals surface area (Å²) in [5.41, 5.74) is 4.12. The molecule has 0 aliphatic rings. The fourth-order valence-electron chi connectivity index (χ4n) is 4.01. The zero-order chi connectivity index (χ0) is 25.2. The van der Waals surface area contributed by atoms with Gasteiger partial charge in [0.15, 0.2) is 0 Å². The average Bonchev–Trinajstić information content (AvgIpc) is 3.43.